The summed E-state index contributed by atoms with van der Waals surface area (Å²) in [4.78, 5) is 15.1. The van der Waals surface area contributed by atoms with E-state index in [9.17, 15) is 4.79 Å². The number of carbonyl (C=O) groups excluding carboxylic acids is 1. The van der Waals surface area contributed by atoms with E-state index in [4.69, 9.17) is 4.74 Å². The summed E-state index contributed by atoms with van der Waals surface area (Å²) in [6, 6.07) is 7.58. The molecule has 1 heterocycles. The molecule has 0 unspecified atom stereocenters. The molecule has 0 saturated heterocycles. The molecule has 0 aliphatic carbocycles. The molecule has 0 amide bonds. The van der Waals surface area contributed by atoms with Crippen molar-refractivity contribution in [3.05, 3.63) is 58.9 Å². The highest BCUT2D eigenvalue weighted by atomic mass is 16.5. The third-order valence-corrected chi connectivity index (χ3v) is 2.62. The molecular weight excluding hydrogens is 226 g/mol. The Balaban J connectivity index is 2.13. The van der Waals surface area contributed by atoms with Gasteiger partial charge in [0.2, 0.25) is 0 Å². The molecule has 0 radical (unpaired) electrons. The number of rotatable bonds is 4. The number of hydrogen-bond donors (Lipinski definition) is 0. The number of aromatic nitrogens is 1. The molecule has 2 rings (SSSR count). The lowest BCUT2D eigenvalue weighted by molar-refractivity contribution is 0.111. The zero-order chi connectivity index (χ0) is 13.0. The highest BCUT2D eigenvalue weighted by molar-refractivity contribution is 5.79. The monoisotopic (exact) mass is 241 g/mol. The predicted octanol–water partition coefficient (Wildman–Crippen LogP) is 3.09. The predicted molar refractivity (Wildman–Crippen MR) is 69.9 cm³/mol. The first kappa shape index (κ1) is 12.3. The Morgan fingerprint density at radius 3 is 2.72 bits per heavy atom. The number of aldehydes is 1. The summed E-state index contributed by atoms with van der Waals surface area (Å²) < 4.78 is 5.65. The third-order valence-electron chi connectivity index (χ3n) is 2.62. The van der Waals surface area contributed by atoms with E-state index in [2.05, 4.69) is 4.98 Å². The highest BCUT2D eigenvalue weighted by Crippen LogP contribution is 2.19. The maximum absolute atomic E-state index is 11.0. The number of hydrogen-bond acceptors (Lipinski definition) is 3. The molecule has 0 spiro atoms. The maximum atomic E-state index is 11.0. The van der Waals surface area contributed by atoms with Gasteiger partial charge in [0.15, 0.2) is 6.29 Å². The van der Waals surface area contributed by atoms with Gasteiger partial charge in [0.1, 0.15) is 12.4 Å². The van der Waals surface area contributed by atoms with Crippen LogP contribution >= 0.6 is 0 Å². The van der Waals surface area contributed by atoms with Crippen LogP contribution in [0.4, 0.5) is 0 Å². The fourth-order valence-corrected chi connectivity index (χ4v) is 1.75. The lowest BCUT2D eigenvalue weighted by Gasteiger charge is -2.09. The van der Waals surface area contributed by atoms with Crippen molar-refractivity contribution in [1.29, 1.82) is 0 Å². The van der Waals surface area contributed by atoms with Gasteiger partial charge in [-0.3, -0.25) is 9.78 Å². The second kappa shape index (κ2) is 5.45. The minimum absolute atomic E-state index is 0.415. The quantitative estimate of drug-likeness (QED) is 0.772. The van der Waals surface area contributed by atoms with Crippen LogP contribution in [0.1, 0.15) is 27.0 Å². The van der Waals surface area contributed by atoms with Gasteiger partial charge in [-0.05, 0) is 37.6 Å². The van der Waals surface area contributed by atoms with Gasteiger partial charge in [-0.25, -0.2) is 0 Å². The fourth-order valence-electron chi connectivity index (χ4n) is 1.75. The summed E-state index contributed by atoms with van der Waals surface area (Å²) in [5.74, 6) is 0.608. The van der Waals surface area contributed by atoms with Crippen LogP contribution in [-0.2, 0) is 6.61 Å². The van der Waals surface area contributed by atoms with Crippen molar-refractivity contribution in [2.75, 3.05) is 0 Å². The third kappa shape index (κ3) is 2.94. The Bertz CT molecular complexity index is 564. The number of carbonyl (C=O) groups is 1. The maximum Gasteiger partial charge on any atom is 0.153 e. The zero-order valence-electron chi connectivity index (χ0n) is 10.5. The molecule has 0 bridgehead atoms. The van der Waals surface area contributed by atoms with Crippen LogP contribution in [0.2, 0.25) is 0 Å². The largest absolute Gasteiger partial charge is 0.488 e. The lowest BCUT2D eigenvalue weighted by Crippen LogP contribution is -1.99. The van der Waals surface area contributed by atoms with E-state index < -0.39 is 0 Å². The van der Waals surface area contributed by atoms with Gasteiger partial charge in [-0.15, -0.1) is 0 Å². The molecule has 0 atom stereocenters. The van der Waals surface area contributed by atoms with Gasteiger partial charge < -0.3 is 4.74 Å². The van der Waals surface area contributed by atoms with Crippen molar-refractivity contribution >= 4 is 6.29 Å². The smallest absolute Gasteiger partial charge is 0.153 e. The summed E-state index contributed by atoms with van der Waals surface area (Å²) >= 11 is 0. The van der Waals surface area contributed by atoms with Crippen molar-refractivity contribution < 1.29 is 9.53 Å². The van der Waals surface area contributed by atoms with E-state index in [0.29, 0.717) is 17.9 Å². The summed E-state index contributed by atoms with van der Waals surface area (Å²) in [5.41, 5.74) is 3.71. The van der Waals surface area contributed by atoms with Crippen LogP contribution in [0.3, 0.4) is 0 Å². The molecule has 0 N–H and O–H groups in total. The Labute approximate surface area is 106 Å². The molecule has 0 saturated carbocycles. The van der Waals surface area contributed by atoms with Crippen LogP contribution in [-0.4, -0.2) is 11.3 Å². The number of ether oxygens (including phenoxy) is 1. The summed E-state index contributed by atoms with van der Waals surface area (Å²) in [6.45, 7) is 4.35. The normalized spacial score (nSPS) is 10.1. The minimum Gasteiger partial charge on any atom is -0.488 e. The van der Waals surface area contributed by atoms with E-state index >= 15 is 0 Å². The van der Waals surface area contributed by atoms with Gasteiger partial charge in [0.25, 0.3) is 0 Å². The van der Waals surface area contributed by atoms with Gasteiger partial charge >= 0.3 is 0 Å². The second-order valence-electron chi connectivity index (χ2n) is 4.32. The standard InChI is InChI=1S/C15H15NO2/c1-11-3-4-15(14(6-11)9-17)18-10-13-5-12(2)7-16-8-13/h3-9H,10H2,1-2H3. The molecule has 0 aliphatic heterocycles. The van der Waals surface area contributed by atoms with Crippen molar-refractivity contribution in [2.24, 2.45) is 0 Å². The fraction of sp³-hybridized carbons (Fsp3) is 0.200. The molecule has 1 aromatic carbocycles. The first-order valence-corrected chi connectivity index (χ1v) is 5.78. The van der Waals surface area contributed by atoms with Crippen LogP contribution in [0.25, 0.3) is 0 Å². The molecule has 3 nitrogen and oxygen atoms in total. The van der Waals surface area contributed by atoms with Crippen LogP contribution in [0.15, 0.2) is 36.7 Å². The molecule has 3 heteroatoms. The van der Waals surface area contributed by atoms with Crippen molar-refractivity contribution in [2.45, 2.75) is 20.5 Å². The van der Waals surface area contributed by atoms with Crippen LogP contribution in [0.5, 0.6) is 5.75 Å². The molecule has 0 fully saturated rings. The average Bonchev–Trinajstić information content (AvgIpc) is 2.37. The Kier molecular flexibility index (Phi) is 3.72. The molecule has 2 aromatic rings. The van der Waals surface area contributed by atoms with E-state index in [1.54, 1.807) is 12.4 Å². The Morgan fingerprint density at radius 2 is 2.00 bits per heavy atom. The number of pyridine rings is 1. The number of nitrogens with zero attached hydrogens (tertiary/aromatic N) is 1. The van der Waals surface area contributed by atoms with Crippen LogP contribution in [0, 0.1) is 13.8 Å². The molecule has 92 valence electrons. The number of benzene rings is 1. The van der Waals surface area contributed by atoms with E-state index in [0.717, 1.165) is 23.0 Å². The summed E-state index contributed by atoms with van der Waals surface area (Å²) in [6.07, 6.45) is 4.38. The second-order valence-corrected chi connectivity index (χ2v) is 4.32. The van der Waals surface area contributed by atoms with Crippen LogP contribution < -0.4 is 4.74 Å². The van der Waals surface area contributed by atoms with E-state index in [1.165, 1.54) is 0 Å². The van der Waals surface area contributed by atoms with Crippen molar-refractivity contribution in [3.8, 4) is 5.75 Å². The Morgan fingerprint density at radius 1 is 1.17 bits per heavy atom. The molecule has 0 aliphatic rings. The Hall–Kier alpha value is -2.16. The van der Waals surface area contributed by atoms with Gasteiger partial charge in [-0.1, -0.05) is 11.6 Å². The summed E-state index contributed by atoms with van der Waals surface area (Å²) in [7, 11) is 0. The SMILES string of the molecule is Cc1cncc(COc2ccc(C)cc2C=O)c1. The lowest BCUT2D eigenvalue weighted by atomic mass is 10.1. The molecule has 18 heavy (non-hydrogen) atoms. The average molecular weight is 241 g/mol. The van der Waals surface area contributed by atoms with E-state index in [1.807, 2.05) is 38.1 Å². The minimum atomic E-state index is 0.415. The van der Waals surface area contributed by atoms with Crippen molar-refractivity contribution in [1.82, 2.24) is 4.98 Å². The van der Waals surface area contributed by atoms with Gasteiger partial charge in [-0.2, -0.15) is 0 Å². The molecular formula is C15H15NO2. The topological polar surface area (TPSA) is 39.2 Å². The molecule has 1 aromatic heterocycles. The van der Waals surface area contributed by atoms with Crippen molar-refractivity contribution in [3.63, 3.8) is 0 Å². The number of aryl methyl sites for hydroxylation is 2. The van der Waals surface area contributed by atoms with Gasteiger partial charge in [0.05, 0.1) is 5.56 Å². The first-order valence-electron chi connectivity index (χ1n) is 5.78. The summed E-state index contributed by atoms with van der Waals surface area (Å²) in [5, 5.41) is 0. The first-order chi connectivity index (χ1) is 8.69. The zero-order valence-corrected chi connectivity index (χ0v) is 10.5. The highest BCUT2D eigenvalue weighted by Gasteiger charge is 2.03. The van der Waals surface area contributed by atoms with Gasteiger partial charge in [0, 0.05) is 18.0 Å². The van der Waals surface area contributed by atoms with E-state index in [-0.39, 0.29) is 0 Å².